The molecule has 0 rings (SSSR count). The zero-order chi connectivity index (χ0) is 14.1. The van der Waals surface area contributed by atoms with Crippen LogP contribution in [0.4, 0.5) is 13.2 Å². The van der Waals surface area contributed by atoms with E-state index in [1.165, 1.54) is 19.6 Å². The average molecular weight is 330 g/mol. The number of hydrogen-bond donors (Lipinski definition) is 0. The van der Waals surface area contributed by atoms with Crippen molar-refractivity contribution in [3.8, 4) is 0 Å². The number of carbonyl (C=O) groups excluding carboxylic acids is 1. The third-order valence-corrected chi connectivity index (χ3v) is 3.35. The molecule has 17 heavy (non-hydrogen) atoms. The molecule has 2 nitrogen and oxygen atoms in total. The molecule has 0 aliphatic heterocycles. The lowest BCUT2D eigenvalue weighted by molar-refractivity contribution is -0.113. The average Bonchev–Trinajstić information content (AvgIpc) is 1.96. The first-order chi connectivity index (χ1) is 7.27. The summed E-state index contributed by atoms with van der Waals surface area (Å²) in [6.07, 6.45) is 0.0677. The molecule has 0 amide bonds. The van der Waals surface area contributed by atoms with Crippen molar-refractivity contribution in [1.29, 1.82) is 0 Å². The summed E-state index contributed by atoms with van der Waals surface area (Å²) in [6, 6.07) is 0. The highest BCUT2D eigenvalue weighted by Gasteiger charge is 2.67. The molecule has 0 spiro atoms. The molecule has 0 fully saturated rings. The van der Waals surface area contributed by atoms with Gasteiger partial charge in [-0.2, -0.15) is 8.78 Å². The van der Waals surface area contributed by atoms with Crippen LogP contribution in [0.5, 0.6) is 0 Å². The topological polar surface area (TPSA) is 26.3 Å². The van der Waals surface area contributed by atoms with Crippen LogP contribution in [0.25, 0.3) is 0 Å². The van der Waals surface area contributed by atoms with E-state index in [9.17, 15) is 18.0 Å². The third kappa shape index (κ3) is 4.15. The number of rotatable bonds is 5. The molecular weight excluding hydrogens is 320 g/mol. The molecule has 0 radical (unpaired) electrons. The number of alkyl halides is 6. The van der Waals surface area contributed by atoms with Crippen molar-refractivity contribution in [2.75, 3.05) is 0 Å². The highest BCUT2D eigenvalue weighted by atomic mass is 35.5. The van der Waals surface area contributed by atoms with Crippen molar-refractivity contribution in [1.82, 2.24) is 0 Å². The lowest BCUT2D eigenvalue weighted by Crippen LogP contribution is -2.60. The lowest BCUT2D eigenvalue weighted by atomic mass is 10.1. The van der Waals surface area contributed by atoms with Crippen LogP contribution in [0.2, 0.25) is 19.6 Å². The minimum absolute atomic E-state index is 0.0677. The van der Waals surface area contributed by atoms with Crippen LogP contribution < -0.4 is 0 Å². The summed E-state index contributed by atoms with van der Waals surface area (Å²) in [4.78, 5) is 10.3. The fourth-order valence-electron chi connectivity index (χ4n) is 1.04. The molecule has 0 bridgehead atoms. The number of hydrogen-bond acceptors (Lipinski definition) is 2. The Morgan fingerprint density at radius 1 is 1.18 bits per heavy atom. The maximum absolute atomic E-state index is 13.6. The summed E-state index contributed by atoms with van der Waals surface area (Å²) < 4.78 is 41.5. The van der Waals surface area contributed by atoms with Gasteiger partial charge in [0, 0.05) is 6.08 Å². The molecule has 1 unspecified atom stereocenters. The summed E-state index contributed by atoms with van der Waals surface area (Å²) in [7, 11) is -2.73. The van der Waals surface area contributed by atoms with Gasteiger partial charge in [0.1, 0.15) is 5.94 Å². The predicted molar refractivity (Wildman–Crippen MR) is 63.8 cm³/mol. The molecule has 0 aliphatic carbocycles. The molecule has 0 N–H and O–H groups in total. The fourth-order valence-corrected chi connectivity index (χ4v) is 3.27. The van der Waals surface area contributed by atoms with E-state index in [1.807, 2.05) is 0 Å². The van der Waals surface area contributed by atoms with Crippen LogP contribution in [-0.4, -0.2) is 29.8 Å². The first-order valence-corrected chi connectivity index (χ1v) is 8.87. The quantitative estimate of drug-likeness (QED) is 0.434. The summed E-state index contributed by atoms with van der Waals surface area (Å²) in [5.74, 6) is 0.993. The Morgan fingerprint density at radius 2 is 1.59 bits per heavy atom. The van der Waals surface area contributed by atoms with Gasteiger partial charge in [-0.25, -0.2) is 9.18 Å². The standard InChI is InChI=1S/C8H10Cl3F3O2Si/c1-17(2,3)16-6(4-5-15,7(9,10)12)8(11,13)14/h4H,1-3H3. The van der Waals surface area contributed by atoms with E-state index in [2.05, 4.69) is 0 Å². The molecule has 1 atom stereocenters. The first-order valence-electron chi connectivity index (χ1n) is 4.32. The SMILES string of the molecule is C[Si](C)(C)OC(C=C=O)(C(F)(F)Cl)C(F)(Cl)Cl. The Kier molecular flexibility index (Phi) is 5.20. The molecule has 9 heteroatoms. The van der Waals surface area contributed by atoms with Gasteiger partial charge in [-0.3, -0.25) is 0 Å². The van der Waals surface area contributed by atoms with Crippen LogP contribution in [-0.2, 0) is 9.22 Å². The van der Waals surface area contributed by atoms with Crippen LogP contribution in [0, 0.1) is 0 Å². The van der Waals surface area contributed by atoms with E-state index >= 15 is 0 Å². The Bertz CT molecular complexity index is 312. The van der Waals surface area contributed by atoms with Gasteiger partial charge in [-0.05, 0) is 31.2 Å². The van der Waals surface area contributed by atoms with E-state index in [0.717, 1.165) is 5.94 Å². The maximum Gasteiger partial charge on any atom is 0.359 e. The molecule has 0 saturated heterocycles. The molecule has 100 valence electrons. The minimum Gasteiger partial charge on any atom is -0.397 e. The Hall–Kier alpha value is 0.287. The molecule has 0 aromatic rings. The highest BCUT2D eigenvalue weighted by molar-refractivity contribution is 6.70. The summed E-state index contributed by atoms with van der Waals surface area (Å²) in [5.41, 5.74) is -3.28. The summed E-state index contributed by atoms with van der Waals surface area (Å²) >= 11 is 14.9. The second-order valence-electron chi connectivity index (χ2n) is 4.21. The van der Waals surface area contributed by atoms with Gasteiger partial charge in [-0.15, -0.1) is 0 Å². The summed E-state index contributed by atoms with van der Waals surface area (Å²) in [6.45, 7) is 4.42. The second kappa shape index (κ2) is 5.11. The Morgan fingerprint density at radius 3 is 1.76 bits per heavy atom. The molecule has 0 aromatic heterocycles. The van der Waals surface area contributed by atoms with Gasteiger partial charge in [0.25, 0.3) is 4.59 Å². The van der Waals surface area contributed by atoms with Crippen molar-refractivity contribution in [2.45, 2.75) is 35.2 Å². The van der Waals surface area contributed by atoms with Crippen molar-refractivity contribution >= 4 is 49.1 Å². The smallest absolute Gasteiger partial charge is 0.359 e. The van der Waals surface area contributed by atoms with Crippen molar-refractivity contribution in [3.05, 3.63) is 6.08 Å². The molecule has 0 heterocycles. The lowest BCUT2D eigenvalue weighted by Gasteiger charge is -2.41. The van der Waals surface area contributed by atoms with Crippen LogP contribution in [0.3, 0.4) is 0 Å². The van der Waals surface area contributed by atoms with Gasteiger partial charge in [0.05, 0.1) is 0 Å². The zero-order valence-electron chi connectivity index (χ0n) is 9.16. The third-order valence-electron chi connectivity index (χ3n) is 1.57. The van der Waals surface area contributed by atoms with Gasteiger partial charge in [0.15, 0.2) is 8.32 Å². The van der Waals surface area contributed by atoms with Gasteiger partial charge >= 0.3 is 5.38 Å². The Labute approximate surface area is 113 Å². The minimum atomic E-state index is -4.32. The molecule has 0 aliphatic rings. The van der Waals surface area contributed by atoms with Crippen LogP contribution in [0.1, 0.15) is 0 Å². The highest BCUT2D eigenvalue weighted by Crippen LogP contribution is 2.51. The maximum atomic E-state index is 13.6. The van der Waals surface area contributed by atoms with E-state index in [1.54, 1.807) is 0 Å². The van der Waals surface area contributed by atoms with Crippen molar-refractivity contribution in [3.63, 3.8) is 0 Å². The zero-order valence-corrected chi connectivity index (χ0v) is 12.4. The van der Waals surface area contributed by atoms with Crippen molar-refractivity contribution < 1.29 is 22.4 Å². The predicted octanol–water partition coefficient (Wildman–Crippen LogP) is 3.90. The second-order valence-corrected chi connectivity index (χ2v) is 10.3. The van der Waals surface area contributed by atoms with E-state index in [4.69, 9.17) is 39.2 Å². The van der Waals surface area contributed by atoms with Gasteiger partial charge in [0.2, 0.25) is 5.60 Å². The van der Waals surface area contributed by atoms with Crippen LogP contribution in [0.15, 0.2) is 6.08 Å². The van der Waals surface area contributed by atoms with E-state index in [-0.39, 0.29) is 6.08 Å². The van der Waals surface area contributed by atoms with E-state index in [0.29, 0.717) is 0 Å². The van der Waals surface area contributed by atoms with Gasteiger partial charge in [-0.1, -0.05) is 23.2 Å². The van der Waals surface area contributed by atoms with E-state index < -0.39 is 23.9 Å². The first kappa shape index (κ1) is 17.3. The largest absolute Gasteiger partial charge is 0.397 e. The fraction of sp³-hybridized carbons (Fsp3) is 0.750. The monoisotopic (exact) mass is 328 g/mol. The molecule has 0 saturated carbocycles. The summed E-state index contributed by atoms with van der Waals surface area (Å²) in [5, 5.41) is -4.32. The van der Waals surface area contributed by atoms with Crippen molar-refractivity contribution in [2.24, 2.45) is 0 Å². The Balaban J connectivity index is 5.86. The van der Waals surface area contributed by atoms with Crippen LogP contribution >= 0.6 is 34.8 Å². The normalized spacial score (nSPS) is 17.2. The van der Waals surface area contributed by atoms with Gasteiger partial charge < -0.3 is 4.43 Å². The molecule has 0 aromatic carbocycles. The number of halogens is 6. The molecular formula is C8H10Cl3F3O2Si.